The molecule has 2 heterocycles. The summed E-state index contributed by atoms with van der Waals surface area (Å²) in [6, 6.07) is -0.0890. The van der Waals surface area contributed by atoms with Crippen molar-refractivity contribution in [1.82, 2.24) is 25.1 Å². The van der Waals surface area contributed by atoms with Crippen LogP contribution in [0.3, 0.4) is 0 Å². The molecule has 0 spiro atoms. The summed E-state index contributed by atoms with van der Waals surface area (Å²) < 4.78 is 2.12. The lowest BCUT2D eigenvalue weighted by atomic mass is 10.1. The highest BCUT2D eigenvalue weighted by molar-refractivity contribution is 5.82. The van der Waals surface area contributed by atoms with Crippen LogP contribution in [-0.2, 0) is 17.9 Å². The third-order valence-electron chi connectivity index (χ3n) is 3.51. The van der Waals surface area contributed by atoms with Gasteiger partial charge in [0.1, 0.15) is 6.04 Å². The van der Waals surface area contributed by atoms with Crippen LogP contribution in [0.15, 0.2) is 12.5 Å². The number of hydrogen-bond acceptors (Lipinski definition) is 4. The Morgan fingerprint density at radius 3 is 3.16 bits per heavy atom. The molecule has 0 aromatic carbocycles. The van der Waals surface area contributed by atoms with Crippen molar-refractivity contribution in [2.45, 2.75) is 33.0 Å². The second-order valence-electron chi connectivity index (χ2n) is 4.76. The molecule has 1 fully saturated rings. The number of amides is 1. The van der Waals surface area contributed by atoms with Crippen molar-refractivity contribution in [1.29, 1.82) is 0 Å². The molecule has 1 aliphatic rings. The predicted octanol–water partition coefficient (Wildman–Crippen LogP) is -0.187. The molecule has 1 amide bonds. The lowest BCUT2D eigenvalue weighted by Crippen LogP contribution is -2.57. The van der Waals surface area contributed by atoms with Crippen LogP contribution in [0.2, 0.25) is 0 Å². The number of aromatic nitrogens is 2. The summed E-state index contributed by atoms with van der Waals surface area (Å²) in [6.45, 7) is 8.94. The van der Waals surface area contributed by atoms with Gasteiger partial charge in [-0.2, -0.15) is 0 Å². The smallest absolute Gasteiger partial charge is 0.238 e. The lowest BCUT2D eigenvalue weighted by Gasteiger charge is -2.35. The summed E-state index contributed by atoms with van der Waals surface area (Å²) in [7, 11) is 0. The largest absolute Gasteiger partial charge is 0.355 e. The van der Waals surface area contributed by atoms with Crippen LogP contribution < -0.4 is 10.6 Å². The fourth-order valence-corrected chi connectivity index (χ4v) is 2.46. The average Bonchev–Trinajstić information content (AvgIpc) is 2.87. The van der Waals surface area contributed by atoms with E-state index in [9.17, 15) is 4.79 Å². The maximum atomic E-state index is 12.1. The van der Waals surface area contributed by atoms with Gasteiger partial charge in [0.15, 0.2) is 0 Å². The zero-order chi connectivity index (χ0) is 13.7. The zero-order valence-corrected chi connectivity index (χ0v) is 11.7. The van der Waals surface area contributed by atoms with Crippen LogP contribution in [0, 0.1) is 0 Å². The Hall–Kier alpha value is -1.40. The van der Waals surface area contributed by atoms with Gasteiger partial charge in [0.2, 0.25) is 5.91 Å². The van der Waals surface area contributed by atoms with E-state index < -0.39 is 0 Å². The molecule has 1 aromatic heterocycles. The van der Waals surface area contributed by atoms with Crippen LogP contribution in [0.4, 0.5) is 0 Å². The SMILES string of the molecule is CCNC(=O)C1CNCCN1Cc1cncn1CC. The number of carbonyl (C=O) groups excluding carboxylic acids is 1. The highest BCUT2D eigenvalue weighted by Crippen LogP contribution is 2.10. The molecule has 1 saturated heterocycles. The number of likely N-dealkylation sites (N-methyl/N-ethyl adjacent to an activating group) is 1. The minimum Gasteiger partial charge on any atom is -0.355 e. The van der Waals surface area contributed by atoms with Gasteiger partial charge in [0, 0.05) is 45.5 Å². The molecule has 2 rings (SSSR count). The normalized spacial score (nSPS) is 20.4. The summed E-state index contributed by atoms with van der Waals surface area (Å²) in [5, 5.41) is 6.20. The third-order valence-corrected chi connectivity index (χ3v) is 3.51. The Bertz CT molecular complexity index is 417. The van der Waals surface area contributed by atoms with Crippen molar-refractivity contribution >= 4 is 5.91 Å². The average molecular weight is 265 g/mol. The second-order valence-corrected chi connectivity index (χ2v) is 4.76. The number of hydrogen-bond donors (Lipinski definition) is 2. The topological polar surface area (TPSA) is 62.2 Å². The van der Waals surface area contributed by atoms with Crippen LogP contribution in [0.1, 0.15) is 19.5 Å². The van der Waals surface area contributed by atoms with Crippen molar-refractivity contribution < 1.29 is 4.79 Å². The molecule has 0 aliphatic carbocycles. The number of nitrogens with zero attached hydrogens (tertiary/aromatic N) is 3. The predicted molar refractivity (Wildman–Crippen MR) is 73.7 cm³/mol. The Morgan fingerprint density at radius 2 is 2.42 bits per heavy atom. The maximum absolute atomic E-state index is 12.1. The first-order valence-corrected chi connectivity index (χ1v) is 6.97. The van der Waals surface area contributed by atoms with E-state index in [0.29, 0.717) is 13.1 Å². The van der Waals surface area contributed by atoms with E-state index in [0.717, 1.165) is 26.2 Å². The van der Waals surface area contributed by atoms with Crippen molar-refractivity contribution in [3.8, 4) is 0 Å². The lowest BCUT2D eigenvalue weighted by molar-refractivity contribution is -0.127. The molecule has 6 nitrogen and oxygen atoms in total. The third kappa shape index (κ3) is 3.33. The highest BCUT2D eigenvalue weighted by Gasteiger charge is 2.28. The Labute approximate surface area is 114 Å². The molecule has 0 saturated carbocycles. The van der Waals surface area contributed by atoms with E-state index in [1.807, 2.05) is 19.4 Å². The van der Waals surface area contributed by atoms with Crippen LogP contribution in [0.5, 0.6) is 0 Å². The number of carbonyl (C=O) groups is 1. The summed E-state index contributed by atoms with van der Waals surface area (Å²) in [4.78, 5) is 18.5. The Balaban J connectivity index is 2.05. The molecule has 106 valence electrons. The fraction of sp³-hybridized carbons (Fsp3) is 0.692. The summed E-state index contributed by atoms with van der Waals surface area (Å²) in [6.07, 6.45) is 3.74. The summed E-state index contributed by atoms with van der Waals surface area (Å²) in [5.41, 5.74) is 1.17. The van der Waals surface area contributed by atoms with E-state index >= 15 is 0 Å². The summed E-state index contributed by atoms with van der Waals surface area (Å²) in [5.74, 6) is 0.109. The van der Waals surface area contributed by atoms with Gasteiger partial charge < -0.3 is 15.2 Å². The first-order valence-electron chi connectivity index (χ1n) is 6.97. The maximum Gasteiger partial charge on any atom is 0.238 e. The Morgan fingerprint density at radius 1 is 1.58 bits per heavy atom. The van der Waals surface area contributed by atoms with Gasteiger partial charge in [0.25, 0.3) is 0 Å². The number of nitrogens with one attached hydrogen (secondary N) is 2. The molecule has 1 aromatic rings. The van der Waals surface area contributed by atoms with Gasteiger partial charge in [-0.3, -0.25) is 9.69 Å². The van der Waals surface area contributed by atoms with Gasteiger partial charge in [-0.25, -0.2) is 4.98 Å². The molecule has 1 unspecified atom stereocenters. The quantitative estimate of drug-likeness (QED) is 0.775. The van der Waals surface area contributed by atoms with Crippen molar-refractivity contribution in [3.63, 3.8) is 0 Å². The number of rotatable bonds is 5. The first kappa shape index (κ1) is 14.0. The van der Waals surface area contributed by atoms with E-state index in [1.165, 1.54) is 5.69 Å². The Kier molecular flexibility index (Phi) is 4.93. The molecular weight excluding hydrogens is 242 g/mol. The minimum absolute atomic E-state index is 0.0890. The monoisotopic (exact) mass is 265 g/mol. The van der Waals surface area contributed by atoms with E-state index in [1.54, 1.807) is 0 Å². The van der Waals surface area contributed by atoms with Crippen molar-refractivity contribution in [2.24, 2.45) is 0 Å². The standard InChI is InChI=1S/C13H23N5O/c1-3-16-13(19)12-8-14-5-6-18(12)9-11-7-15-10-17(11)4-2/h7,10,12,14H,3-6,8-9H2,1-2H3,(H,16,19). The van der Waals surface area contributed by atoms with Gasteiger partial charge in [0.05, 0.1) is 12.0 Å². The van der Waals surface area contributed by atoms with Gasteiger partial charge in [-0.1, -0.05) is 0 Å². The van der Waals surface area contributed by atoms with Gasteiger partial charge >= 0.3 is 0 Å². The first-order chi connectivity index (χ1) is 9.26. The van der Waals surface area contributed by atoms with Crippen LogP contribution >= 0.6 is 0 Å². The van der Waals surface area contributed by atoms with Gasteiger partial charge in [-0.15, -0.1) is 0 Å². The molecule has 0 bridgehead atoms. The molecule has 0 radical (unpaired) electrons. The molecule has 2 N–H and O–H groups in total. The molecular formula is C13H23N5O. The molecule has 1 atom stereocenters. The van der Waals surface area contributed by atoms with Gasteiger partial charge in [-0.05, 0) is 13.8 Å². The summed E-state index contributed by atoms with van der Waals surface area (Å²) >= 11 is 0. The van der Waals surface area contributed by atoms with Crippen molar-refractivity contribution in [3.05, 3.63) is 18.2 Å². The molecule has 6 heteroatoms. The number of imidazole rings is 1. The van der Waals surface area contributed by atoms with E-state index in [4.69, 9.17) is 0 Å². The minimum atomic E-state index is -0.0890. The molecule has 1 aliphatic heterocycles. The molecule has 19 heavy (non-hydrogen) atoms. The second kappa shape index (κ2) is 6.68. The van der Waals surface area contributed by atoms with Crippen LogP contribution in [-0.4, -0.2) is 52.6 Å². The number of piperazine rings is 1. The highest BCUT2D eigenvalue weighted by atomic mass is 16.2. The number of aryl methyl sites for hydroxylation is 1. The van der Waals surface area contributed by atoms with E-state index in [-0.39, 0.29) is 11.9 Å². The van der Waals surface area contributed by atoms with Crippen LogP contribution in [0.25, 0.3) is 0 Å². The van der Waals surface area contributed by atoms with E-state index in [2.05, 4.69) is 32.0 Å². The fourth-order valence-electron chi connectivity index (χ4n) is 2.46. The van der Waals surface area contributed by atoms with Crippen molar-refractivity contribution in [2.75, 3.05) is 26.2 Å². The zero-order valence-electron chi connectivity index (χ0n) is 11.7.